The number of ether oxygens (including phenoxy) is 2. The van der Waals surface area contributed by atoms with E-state index in [4.69, 9.17) is 4.74 Å². The molecule has 0 saturated carbocycles. The fourth-order valence-corrected chi connectivity index (χ4v) is 2.36. The number of halogens is 3. The highest BCUT2D eigenvalue weighted by Gasteiger charge is 2.31. The quantitative estimate of drug-likeness (QED) is 0.867. The highest BCUT2D eigenvalue weighted by molar-refractivity contribution is 5.94. The Balaban J connectivity index is 2.10. The van der Waals surface area contributed by atoms with Gasteiger partial charge in [0.05, 0.1) is 13.2 Å². The molecule has 0 heterocycles. The maximum Gasteiger partial charge on any atom is 0.573 e. The number of rotatable bonds is 5. The van der Waals surface area contributed by atoms with Gasteiger partial charge < -0.3 is 14.8 Å². The molecular weight excluding hydrogens is 335 g/mol. The van der Waals surface area contributed by atoms with Crippen molar-refractivity contribution in [2.75, 3.05) is 7.11 Å². The molecule has 2 aromatic carbocycles. The Kier molecular flexibility index (Phi) is 5.56. The molecule has 1 atom stereocenters. The lowest BCUT2D eigenvalue weighted by atomic mass is 10.0. The predicted molar refractivity (Wildman–Crippen MR) is 86.7 cm³/mol. The van der Waals surface area contributed by atoms with Gasteiger partial charge in [-0.3, -0.25) is 4.79 Å². The first-order valence-corrected chi connectivity index (χ1v) is 7.51. The molecule has 2 aromatic rings. The molecule has 4 nitrogen and oxygen atoms in total. The smallest absolute Gasteiger partial charge is 0.496 e. The Morgan fingerprint density at radius 3 is 2.32 bits per heavy atom. The Bertz CT molecular complexity index is 742. The number of carbonyl (C=O) groups excluding carboxylic acids is 1. The van der Waals surface area contributed by atoms with Crippen molar-refractivity contribution in [3.05, 3.63) is 59.2 Å². The zero-order valence-corrected chi connectivity index (χ0v) is 14.0. The number of benzene rings is 2. The summed E-state index contributed by atoms with van der Waals surface area (Å²) in [6.45, 7) is 3.73. The summed E-state index contributed by atoms with van der Waals surface area (Å²) >= 11 is 0. The van der Waals surface area contributed by atoms with Gasteiger partial charge in [-0.1, -0.05) is 17.7 Å². The normalized spacial score (nSPS) is 12.4. The van der Waals surface area contributed by atoms with Gasteiger partial charge in [0, 0.05) is 11.1 Å². The Hall–Kier alpha value is -2.70. The van der Waals surface area contributed by atoms with E-state index in [1.165, 1.54) is 12.1 Å². The zero-order chi connectivity index (χ0) is 18.6. The topological polar surface area (TPSA) is 47.6 Å². The van der Waals surface area contributed by atoms with Crippen molar-refractivity contribution in [2.45, 2.75) is 26.3 Å². The van der Waals surface area contributed by atoms with Gasteiger partial charge in [0.15, 0.2) is 0 Å². The zero-order valence-electron chi connectivity index (χ0n) is 14.0. The molecule has 0 unspecified atom stereocenters. The van der Waals surface area contributed by atoms with E-state index in [2.05, 4.69) is 10.1 Å². The van der Waals surface area contributed by atoms with Crippen LogP contribution in [0.15, 0.2) is 42.5 Å². The fourth-order valence-electron chi connectivity index (χ4n) is 2.36. The summed E-state index contributed by atoms with van der Waals surface area (Å²) in [5.41, 5.74) is 2.06. The monoisotopic (exact) mass is 353 g/mol. The highest BCUT2D eigenvalue weighted by atomic mass is 19.4. The summed E-state index contributed by atoms with van der Waals surface area (Å²) in [4.78, 5) is 12.3. The van der Waals surface area contributed by atoms with E-state index in [1.54, 1.807) is 14.0 Å². The molecule has 0 aromatic heterocycles. The molecule has 7 heteroatoms. The summed E-state index contributed by atoms with van der Waals surface area (Å²) < 4.78 is 45.5. The van der Waals surface area contributed by atoms with Gasteiger partial charge in [-0.15, -0.1) is 13.2 Å². The van der Waals surface area contributed by atoms with Crippen LogP contribution in [0, 0.1) is 6.92 Å². The second-order valence-corrected chi connectivity index (χ2v) is 5.51. The molecule has 134 valence electrons. The summed E-state index contributed by atoms with van der Waals surface area (Å²) in [6.07, 6.45) is -4.76. The molecule has 2 rings (SSSR count). The van der Waals surface area contributed by atoms with Crippen LogP contribution in [-0.2, 0) is 0 Å². The van der Waals surface area contributed by atoms with Crippen molar-refractivity contribution < 1.29 is 27.4 Å². The lowest BCUT2D eigenvalue weighted by Crippen LogP contribution is -2.27. The van der Waals surface area contributed by atoms with E-state index in [1.807, 2.05) is 25.1 Å². The summed E-state index contributed by atoms with van der Waals surface area (Å²) in [5.74, 6) is -0.139. The molecule has 0 fully saturated rings. The molecule has 0 aliphatic heterocycles. The van der Waals surface area contributed by atoms with Crippen LogP contribution in [0.2, 0.25) is 0 Å². The number of amides is 1. The number of nitrogens with one attached hydrogen (secondary N) is 1. The Labute approximate surface area is 143 Å². The van der Waals surface area contributed by atoms with Gasteiger partial charge in [0.1, 0.15) is 11.5 Å². The predicted octanol–water partition coefficient (Wildman–Crippen LogP) is 4.39. The van der Waals surface area contributed by atoms with Crippen LogP contribution in [0.5, 0.6) is 11.5 Å². The van der Waals surface area contributed by atoms with Crippen molar-refractivity contribution in [1.29, 1.82) is 0 Å². The molecule has 1 N–H and O–H groups in total. The van der Waals surface area contributed by atoms with Crippen molar-refractivity contribution in [3.63, 3.8) is 0 Å². The lowest BCUT2D eigenvalue weighted by molar-refractivity contribution is -0.274. The molecule has 0 radical (unpaired) electrons. The van der Waals surface area contributed by atoms with E-state index in [0.717, 1.165) is 23.3 Å². The van der Waals surface area contributed by atoms with E-state index < -0.39 is 12.3 Å². The Morgan fingerprint density at radius 1 is 1.12 bits per heavy atom. The number of aryl methyl sites for hydroxylation is 1. The first-order valence-electron chi connectivity index (χ1n) is 7.51. The minimum Gasteiger partial charge on any atom is -0.496 e. The molecule has 1 amide bonds. The van der Waals surface area contributed by atoms with E-state index in [-0.39, 0.29) is 17.4 Å². The van der Waals surface area contributed by atoms with Gasteiger partial charge in [-0.2, -0.15) is 0 Å². The minimum absolute atomic E-state index is 0.230. The first-order chi connectivity index (χ1) is 11.7. The van der Waals surface area contributed by atoms with Gasteiger partial charge in [0.2, 0.25) is 0 Å². The van der Waals surface area contributed by atoms with Crippen LogP contribution in [0.3, 0.4) is 0 Å². The largest absolute Gasteiger partial charge is 0.573 e. The van der Waals surface area contributed by atoms with Crippen LogP contribution in [0.1, 0.15) is 34.5 Å². The van der Waals surface area contributed by atoms with Crippen LogP contribution >= 0.6 is 0 Å². The number of alkyl halides is 3. The standard InChI is InChI=1S/C18H18F3NO3/c1-11-4-9-16(24-3)15(10-11)12(2)22-17(23)13-5-7-14(8-6-13)25-18(19,20)21/h4-10,12H,1-3H3,(H,22,23)/t12-/m1/s1. The van der Waals surface area contributed by atoms with Gasteiger partial charge in [-0.25, -0.2) is 0 Å². The van der Waals surface area contributed by atoms with Crippen LogP contribution < -0.4 is 14.8 Å². The van der Waals surface area contributed by atoms with Gasteiger partial charge in [-0.05, 0) is 44.2 Å². The van der Waals surface area contributed by atoms with Crippen LogP contribution in [0.25, 0.3) is 0 Å². The highest BCUT2D eigenvalue weighted by Crippen LogP contribution is 2.27. The second kappa shape index (κ2) is 7.46. The lowest BCUT2D eigenvalue weighted by Gasteiger charge is -2.18. The van der Waals surface area contributed by atoms with E-state index in [9.17, 15) is 18.0 Å². The number of hydrogen-bond donors (Lipinski definition) is 1. The van der Waals surface area contributed by atoms with Gasteiger partial charge >= 0.3 is 6.36 Å². The molecule has 0 spiro atoms. The Morgan fingerprint density at radius 2 is 1.76 bits per heavy atom. The third-order valence-electron chi connectivity index (χ3n) is 3.55. The molecule has 0 aliphatic carbocycles. The van der Waals surface area contributed by atoms with Crippen molar-refractivity contribution in [2.24, 2.45) is 0 Å². The molecule has 0 aliphatic rings. The number of hydrogen-bond acceptors (Lipinski definition) is 3. The van der Waals surface area contributed by atoms with Crippen LogP contribution in [-0.4, -0.2) is 19.4 Å². The second-order valence-electron chi connectivity index (χ2n) is 5.51. The number of methoxy groups -OCH3 is 1. The average molecular weight is 353 g/mol. The summed E-state index contributed by atoms with van der Waals surface area (Å²) in [5, 5.41) is 2.80. The fraction of sp³-hybridized carbons (Fsp3) is 0.278. The third kappa shape index (κ3) is 5.14. The van der Waals surface area contributed by atoms with Crippen molar-refractivity contribution in [1.82, 2.24) is 5.32 Å². The maximum atomic E-state index is 12.3. The maximum absolute atomic E-state index is 12.3. The van der Waals surface area contributed by atoms with E-state index >= 15 is 0 Å². The average Bonchev–Trinajstić information content (AvgIpc) is 2.53. The SMILES string of the molecule is COc1ccc(C)cc1[C@@H](C)NC(=O)c1ccc(OC(F)(F)F)cc1. The van der Waals surface area contributed by atoms with E-state index in [0.29, 0.717) is 5.75 Å². The van der Waals surface area contributed by atoms with Crippen LogP contribution in [0.4, 0.5) is 13.2 Å². The molecule has 0 bridgehead atoms. The molecule has 25 heavy (non-hydrogen) atoms. The van der Waals surface area contributed by atoms with Gasteiger partial charge in [0.25, 0.3) is 5.91 Å². The molecule has 0 saturated heterocycles. The third-order valence-corrected chi connectivity index (χ3v) is 3.55. The minimum atomic E-state index is -4.76. The summed E-state index contributed by atoms with van der Waals surface area (Å²) in [6, 6.07) is 10.0. The van der Waals surface area contributed by atoms with Crippen molar-refractivity contribution >= 4 is 5.91 Å². The summed E-state index contributed by atoms with van der Waals surface area (Å²) in [7, 11) is 1.54. The van der Waals surface area contributed by atoms with Crippen molar-refractivity contribution in [3.8, 4) is 11.5 Å². The first kappa shape index (κ1) is 18.6. The number of carbonyl (C=O) groups is 1. The molecular formula is C18H18F3NO3.